The minimum atomic E-state index is -0.628. The van der Waals surface area contributed by atoms with Crippen molar-refractivity contribution in [2.24, 2.45) is 0 Å². The molecule has 3 nitrogen and oxygen atoms in total. The summed E-state index contributed by atoms with van der Waals surface area (Å²) in [6.07, 6.45) is 1.06. The number of hydrogen-bond acceptors (Lipinski definition) is 3. The van der Waals surface area contributed by atoms with Gasteiger partial charge in [-0.3, -0.25) is 0 Å². The van der Waals surface area contributed by atoms with Gasteiger partial charge < -0.3 is 0 Å². The summed E-state index contributed by atoms with van der Waals surface area (Å²) in [4.78, 5) is 0. The molecular formula is C11H4FN3. The van der Waals surface area contributed by atoms with Gasteiger partial charge in [0, 0.05) is 5.56 Å². The maximum atomic E-state index is 13.3. The third-order valence-electron chi connectivity index (χ3n) is 1.70. The summed E-state index contributed by atoms with van der Waals surface area (Å²) in [6, 6.07) is 8.97. The quantitative estimate of drug-likeness (QED) is 0.647. The van der Waals surface area contributed by atoms with Gasteiger partial charge in [-0.15, -0.1) is 0 Å². The predicted octanol–water partition coefficient (Wildman–Crippen LogP) is 2.13. The number of hydrogen-bond donors (Lipinski definition) is 0. The van der Waals surface area contributed by atoms with Crippen LogP contribution < -0.4 is 0 Å². The Balaban J connectivity index is 3.41. The van der Waals surface area contributed by atoms with E-state index in [2.05, 4.69) is 0 Å². The molecule has 0 spiro atoms. The van der Waals surface area contributed by atoms with Gasteiger partial charge in [-0.05, 0) is 18.2 Å². The van der Waals surface area contributed by atoms with Crippen molar-refractivity contribution < 1.29 is 4.39 Å². The second-order valence-corrected chi connectivity index (χ2v) is 2.59. The van der Waals surface area contributed by atoms with Crippen LogP contribution in [0.1, 0.15) is 11.1 Å². The molecule has 0 aliphatic rings. The van der Waals surface area contributed by atoms with Crippen LogP contribution in [0.4, 0.5) is 4.39 Å². The first-order chi connectivity index (χ1) is 7.22. The average Bonchev–Trinajstić information content (AvgIpc) is 2.27. The van der Waals surface area contributed by atoms with E-state index in [1.807, 2.05) is 0 Å². The van der Waals surface area contributed by atoms with Crippen LogP contribution in [0.2, 0.25) is 0 Å². The molecule has 1 aromatic carbocycles. The molecule has 70 valence electrons. The molecule has 0 aliphatic carbocycles. The van der Waals surface area contributed by atoms with Crippen molar-refractivity contribution in [2.45, 2.75) is 0 Å². The Morgan fingerprint density at radius 3 is 2.40 bits per heavy atom. The molecule has 4 heteroatoms. The Kier molecular flexibility index (Phi) is 3.17. The number of nitriles is 3. The summed E-state index contributed by atoms with van der Waals surface area (Å²) >= 11 is 0. The zero-order valence-corrected chi connectivity index (χ0v) is 7.53. The molecule has 0 saturated heterocycles. The summed E-state index contributed by atoms with van der Waals surface area (Å²) in [5.41, 5.74) is -0.173. The number of halogens is 1. The summed E-state index contributed by atoms with van der Waals surface area (Å²) < 4.78 is 13.3. The zero-order chi connectivity index (χ0) is 11.3. The lowest BCUT2D eigenvalue weighted by molar-refractivity contribution is 0.624. The van der Waals surface area contributed by atoms with Crippen molar-refractivity contribution in [3.63, 3.8) is 0 Å². The minimum Gasteiger partial charge on any atom is -0.206 e. The van der Waals surface area contributed by atoms with Gasteiger partial charge in [0.1, 0.15) is 23.5 Å². The maximum absolute atomic E-state index is 13.3. The predicted molar refractivity (Wildman–Crippen MR) is 50.3 cm³/mol. The first kappa shape index (κ1) is 10.4. The van der Waals surface area contributed by atoms with Crippen LogP contribution in [0.25, 0.3) is 6.08 Å². The summed E-state index contributed by atoms with van der Waals surface area (Å²) in [5, 5.41) is 25.7. The van der Waals surface area contributed by atoms with Crippen molar-refractivity contribution >= 4 is 6.08 Å². The largest absolute Gasteiger partial charge is 0.206 e. The van der Waals surface area contributed by atoms with Gasteiger partial charge in [-0.2, -0.15) is 15.8 Å². The lowest BCUT2D eigenvalue weighted by atomic mass is 10.1. The van der Waals surface area contributed by atoms with Crippen molar-refractivity contribution in [3.8, 4) is 18.2 Å². The summed E-state index contributed by atoms with van der Waals surface area (Å²) in [7, 11) is 0. The van der Waals surface area contributed by atoms with Crippen LogP contribution in [-0.2, 0) is 0 Å². The van der Waals surface area contributed by atoms with Crippen LogP contribution in [0, 0.1) is 39.8 Å². The van der Waals surface area contributed by atoms with E-state index in [9.17, 15) is 4.39 Å². The van der Waals surface area contributed by atoms with Gasteiger partial charge in [-0.25, -0.2) is 4.39 Å². The Hall–Kier alpha value is -2.64. The van der Waals surface area contributed by atoms with E-state index < -0.39 is 5.82 Å². The topological polar surface area (TPSA) is 71.4 Å². The molecule has 0 atom stereocenters. The number of benzene rings is 1. The molecule has 0 aromatic heterocycles. The fraction of sp³-hybridized carbons (Fsp3) is 0. The Labute approximate surface area is 85.9 Å². The van der Waals surface area contributed by atoms with Crippen molar-refractivity contribution in [3.05, 3.63) is 40.7 Å². The monoisotopic (exact) mass is 197 g/mol. The molecular weight excluding hydrogens is 193 g/mol. The third kappa shape index (κ3) is 2.18. The molecule has 0 N–H and O–H groups in total. The van der Waals surface area contributed by atoms with Crippen molar-refractivity contribution in [2.75, 3.05) is 0 Å². The number of nitrogens with zero attached hydrogens (tertiary/aromatic N) is 3. The molecule has 0 bridgehead atoms. The lowest BCUT2D eigenvalue weighted by Gasteiger charge is -1.98. The molecule has 15 heavy (non-hydrogen) atoms. The molecule has 0 aliphatic heterocycles. The molecule has 0 fully saturated rings. The van der Waals surface area contributed by atoms with Crippen LogP contribution in [-0.4, -0.2) is 0 Å². The fourth-order valence-corrected chi connectivity index (χ4v) is 1.02. The highest BCUT2D eigenvalue weighted by Crippen LogP contribution is 2.16. The highest BCUT2D eigenvalue weighted by Gasteiger charge is 2.06. The van der Waals surface area contributed by atoms with Crippen LogP contribution in [0.15, 0.2) is 23.8 Å². The summed E-state index contributed by atoms with van der Waals surface area (Å²) in [6.45, 7) is 0. The highest BCUT2D eigenvalue weighted by atomic mass is 19.1. The smallest absolute Gasteiger partial charge is 0.131 e. The molecule has 0 unspecified atom stereocenters. The molecule has 0 saturated carbocycles. The van der Waals surface area contributed by atoms with E-state index in [0.717, 1.165) is 6.08 Å². The van der Waals surface area contributed by atoms with E-state index in [-0.39, 0.29) is 16.7 Å². The van der Waals surface area contributed by atoms with E-state index in [4.69, 9.17) is 15.8 Å². The summed E-state index contributed by atoms with van der Waals surface area (Å²) in [5.74, 6) is -0.628. The van der Waals surface area contributed by atoms with Crippen LogP contribution in [0.3, 0.4) is 0 Å². The van der Waals surface area contributed by atoms with Gasteiger partial charge >= 0.3 is 0 Å². The molecule has 0 heterocycles. The van der Waals surface area contributed by atoms with Crippen molar-refractivity contribution in [1.82, 2.24) is 0 Å². The SMILES string of the molecule is N#CC(C#N)=Cc1c(F)cccc1C#N. The highest BCUT2D eigenvalue weighted by molar-refractivity contribution is 5.66. The van der Waals surface area contributed by atoms with Crippen molar-refractivity contribution in [1.29, 1.82) is 15.8 Å². The molecule has 0 amide bonds. The normalized spacial score (nSPS) is 8.13. The van der Waals surface area contributed by atoms with Gasteiger partial charge in [0.25, 0.3) is 0 Å². The Morgan fingerprint density at radius 2 is 1.87 bits per heavy atom. The molecule has 0 radical (unpaired) electrons. The fourth-order valence-electron chi connectivity index (χ4n) is 1.02. The van der Waals surface area contributed by atoms with Crippen LogP contribution >= 0.6 is 0 Å². The third-order valence-corrected chi connectivity index (χ3v) is 1.70. The van der Waals surface area contributed by atoms with Crippen LogP contribution in [0.5, 0.6) is 0 Å². The Morgan fingerprint density at radius 1 is 1.20 bits per heavy atom. The van der Waals surface area contributed by atoms with Gasteiger partial charge in [-0.1, -0.05) is 6.07 Å². The first-order valence-corrected chi connectivity index (χ1v) is 3.93. The second-order valence-electron chi connectivity index (χ2n) is 2.59. The average molecular weight is 197 g/mol. The van der Waals surface area contributed by atoms with E-state index in [0.29, 0.717) is 0 Å². The van der Waals surface area contributed by atoms with Gasteiger partial charge in [0.2, 0.25) is 0 Å². The van der Waals surface area contributed by atoms with E-state index >= 15 is 0 Å². The van der Waals surface area contributed by atoms with Gasteiger partial charge in [0.05, 0.1) is 11.6 Å². The standard InChI is InChI=1S/C11H4FN3/c12-11-3-1-2-9(7-15)10(11)4-8(5-13)6-14/h1-4H. The first-order valence-electron chi connectivity index (χ1n) is 3.93. The van der Waals surface area contributed by atoms with E-state index in [1.54, 1.807) is 18.2 Å². The number of allylic oxidation sites excluding steroid dienone is 1. The Bertz CT molecular complexity index is 522. The second kappa shape index (κ2) is 4.56. The zero-order valence-electron chi connectivity index (χ0n) is 7.53. The molecule has 1 rings (SSSR count). The van der Waals surface area contributed by atoms with Gasteiger partial charge in [0.15, 0.2) is 0 Å². The maximum Gasteiger partial charge on any atom is 0.131 e. The minimum absolute atomic E-state index is 0.0295. The lowest BCUT2D eigenvalue weighted by Crippen LogP contribution is -1.88. The number of rotatable bonds is 1. The molecule has 1 aromatic rings. The van der Waals surface area contributed by atoms with E-state index in [1.165, 1.54) is 18.2 Å².